The fourth-order valence-corrected chi connectivity index (χ4v) is 2.99. The topological polar surface area (TPSA) is 82.6 Å². The van der Waals surface area contributed by atoms with Gasteiger partial charge in [-0.1, -0.05) is 12.1 Å². The van der Waals surface area contributed by atoms with E-state index in [4.69, 9.17) is 4.74 Å². The van der Waals surface area contributed by atoms with Gasteiger partial charge in [-0.05, 0) is 39.2 Å². The summed E-state index contributed by atoms with van der Waals surface area (Å²) < 4.78 is 5.44. The van der Waals surface area contributed by atoms with E-state index in [0.29, 0.717) is 18.1 Å². The lowest BCUT2D eigenvalue weighted by Gasteiger charge is -2.30. The summed E-state index contributed by atoms with van der Waals surface area (Å²) in [7, 11) is 4.02. The summed E-state index contributed by atoms with van der Waals surface area (Å²) in [5, 5.41) is 6.18. The molecule has 0 radical (unpaired) electrons. The van der Waals surface area contributed by atoms with Crippen molar-refractivity contribution in [2.24, 2.45) is 0 Å². The van der Waals surface area contributed by atoms with E-state index in [1.165, 1.54) is 6.20 Å². The zero-order valence-corrected chi connectivity index (χ0v) is 16.5. The Bertz CT molecular complexity index is 760. The summed E-state index contributed by atoms with van der Waals surface area (Å²) in [4.78, 5) is 25.1. The number of carbonyl (C=O) groups excluding carboxylic acids is 1. The van der Waals surface area contributed by atoms with Crippen molar-refractivity contribution >= 4 is 23.1 Å². The van der Waals surface area contributed by atoms with Crippen LogP contribution in [0.4, 0.5) is 17.2 Å². The van der Waals surface area contributed by atoms with Crippen LogP contribution in [-0.2, 0) is 4.74 Å². The Morgan fingerprint density at radius 2 is 1.96 bits per heavy atom. The lowest BCUT2D eigenvalue weighted by Crippen LogP contribution is -2.36. The molecule has 1 aromatic heterocycles. The number of morpholine rings is 1. The summed E-state index contributed by atoms with van der Waals surface area (Å²) in [5.74, 6) is 0.399. The number of nitrogens with one attached hydrogen (secondary N) is 2. The van der Waals surface area contributed by atoms with Gasteiger partial charge in [0.25, 0.3) is 5.91 Å². The highest BCUT2D eigenvalue weighted by Crippen LogP contribution is 2.28. The maximum Gasteiger partial charge on any atom is 0.271 e. The van der Waals surface area contributed by atoms with Crippen LogP contribution in [-0.4, -0.2) is 74.3 Å². The third-order valence-electron chi connectivity index (χ3n) is 4.47. The lowest BCUT2D eigenvalue weighted by molar-refractivity contribution is 0.0947. The standard InChI is InChI=1S/C20H28N6O2/c1-25(2)9-5-8-21-20(27)17-14-23-19(15-22-17)24-16-6-3-4-7-18(16)26-10-12-28-13-11-26/h3-4,6-7,14-15H,5,8-13H2,1-2H3,(H,21,27)(H,23,24). The van der Waals surface area contributed by atoms with Gasteiger partial charge < -0.3 is 25.2 Å². The number of ether oxygens (including phenoxy) is 1. The highest BCUT2D eigenvalue weighted by molar-refractivity contribution is 5.92. The van der Waals surface area contributed by atoms with Crippen LogP contribution in [0.1, 0.15) is 16.9 Å². The first-order valence-corrected chi connectivity index (χ1v) is 9.57. The summed E-state index contributed by atoms with van der Waals surface area (Å²) >= 11 is 0. The normalized spacial score (nSPS) is 14.2. The number of amides is 1. The maximum atomic E-state index is 12.2. The molecule has 0 aliphatic carbocycles. The van der Waals surface area contributed by atoms with Gasteiger partial charge in [-0.25, -0.2) is 9.97 Å². The molecule has 150 valence electrons. The lowest BCUT2D eigenvalue weighted by atomic mass is 10.2. The van der Waals surface area contributed by atoms with Gasteiger partial charge in [0.1, 0.15) is 11.5 Å². The van der Waals surface area contributed by atoms with Crippen LogP contribution in [0.2, 0.25) is 0 Å². The first-order chi connectivity index (χ1) is 13.6. The van der Waals surface area contributed by atoms with Crippen LogP contribution in [0, 0.1) is 0 Å². The molecule has 1 aliphatic rings. The summed E-state index contributed by atoms with van der Waals surface area (Å²) in [6, 6.07) is 8.09. The van der Waals surface area contributed by atoms with E-state index in [1.54, 1.807) is 6.20 Å². The predicted molar refractivity (Wildman–Crippen MR) is 110 cm³/mol. The number of nitrogens with zero attached hydrogens (tertiary/aromatic N) is 4. The van der Waals surface area contributed by atoms with Crippen LogP contribution in [0.25, 0.3) is 0 Å². The number of hydrogen-bond acceptors (Lipinski definition) is 7. The Kier molecular flexibility index (Phi) is 7.16. The van der Waals surface area contributed by atoms with Crippen molar-refractivity contribution < 1.29 is 9.53 Å². The first kappa shape index (κ1) is 20.0. The number of hydrogen-bond donors (Lipinski definition) is 2. The average Bonchev–Trinajstić information content (AvgIpc) is 2.72. The molecule has 0 saturated carbocycles. The number of carbonyl (C=O) groups is 1. The van der Waals surface area contributed by atoms with Gasteiger partial charge in [0.15, 0.2) is 0 Å². The second-order valence-electron chi connectivity index (χ2n) is 6.94. The zero-order valence-electron chi connectivity index (χ0n) is 16.5. The highest BCUT2D eigenvalue weighted by Gasteiger charge is 2.15. The molecule has 0 atom stereocenters. The Labute approximate surface area is 165 Å². The van der Waals surface area contributed by atoms with Gasteiger partial charge in [0.05, 0.1) is 37.0 Å². The third-order valence-corrected chi connectivity index (χ3v) is 4.47. The van der Waals surface area contributed by atoms with Crippen molar-refractivity contribution in [1.82, 2.24) is 20.2 Å². The summed E-state index contributed by atoms with van der Waals surface area (Å²) in [6.45, 7) is 4.72. The molecular formula is C20H28N6O2. The molecule has 0 spiro atoms. The molecule has 0 bridgehead atoms. The molecule has 2 N–H and O–H groups in total. The minimum atomic E-state index is -0.202. The molecule has 1 fully saturated rings. The van der Waals surface area contributed by atoms with Crippen LogP contribution in [0.3, 0.4) is 0 Å². The number of para-hydroxylation sites is 2. The Morgan fingerprint density at radius 1 is 1.18 bits per heavy atom. The summed E-state index contributed by atoms with van der Waals surface area (Å²) in [5.41, 5.74) is 2.38. The molecule has 1 saturated heterocycles. The molecule has 8 heteroatoms. The van der Waals surface area contributed by atoms with Gasteiger partial charge in [-0.15, -0.1) is 0 Å². The van der Waals surface area contributed by atoms with E-state index in [-0.39, 0.29) is 5.91 Å². The van der Waals surface area contributed by atoms with Gasteiger partial charge in [-0.3, -0.25) is 4.79 Å². The van der Waals surface area contributed by atoms with Crippen LogP contribution >= 0.6 is 0 Å². The molecule has 0 unspecified atom stereocenters. The van der Waals surface area contributed by atoms with E-state index in [1.807, 2.05) is 32.3 Å². The molecule has 1 aromatic carbocycles. The van der Waals surface area contributed by atoms with E-state index in [0.717, 1.165) is 50.6 Å². The van der Waals surface area contributed by atoms with Crippen LogP contribution in [0.5, 0.6) is 0 Å². The van der Waals surface area contributed by atoms with E-state index >= 15 is 0 Å². The highest BCUT2D eigenvalue weighted by atomic mass is 16.5. The predicted octanol–water partition coefficient (Wildman–Crippen LogP) is 1.74. The largest absolute Gasteiger partial charge is 0.378 e. The van der Waals surface area contributed by atoms with Crippen molar-refractivity contribution in [2.75, 3.05) is 63.7 Å². The third kappa shape index (κ3) is 5.64. The van der Waals surface area contributed by atoms with Crippen molar-refractivity contribution in [3.8, 4) is 0 Å². The van der Waals surface area contributed by atoms with Crippen molar-refractivity contribution in [3.63, 3.8) is 0 Å². The SMILES string of the molecule is CN(C)CCCNC(=O)c1cnc(Nc2ccccc2N2CCOCC2)cn1. The molecule has 2 aromatic rings. The maximum absolute atomic E-state index is 12.2. The van der Waals surface area contributed by atoms with Crippen LogP contribution in [0.15, 0.2) is 36.7 Å². The van der Waals surface area contributed by atoms with E-state index in [2.05, 4.69) is 36.5 Å². The first-order valence-electron chi connectivity index (χ1n) is 9.57. The minimum Gasteiger partial charge on any atom is -0.378 e. The number of benzene rings is 1. The van der Waals surface area contributed by atoms with E-state index < -0.39 is 0 Å². The Morgan fingerprint density at radius 3 is 2.68 bits per heavy atom. The van der Waals surface area contributed by atoms with E-state index in [9.17, 15) is 4.79 Å². The quantitative estimate of drug-likeness (QED) is 0.671. The Balaban J connectivity index is 1.59. The fourth-order valence-electron chi connectivity index (χ4n) is 2.99. The van der Waals surface area contributed by atoms with Crippen LogP contribution < -0.4 is 15.5 Å². The molecule has 3 rings (SSSR count). The smallest absolute Gasteiger partial charge is 0.271 e. The second-order valence-corrected chi connectivity index (χ2v) is 6.94. The second kappa shape index (κ2) is 10.0. The minimum absolute atomic E-state index is 0.202. The van der Waals surface area contributed by atoms with Gasteiger partial charge in [0, 0.05) is 19.6 Å². The fraction of sp³-hybridized carbons (Fsp3) is 0.450. The molecule has 1 amide bonds. The molecule has 2 heterocycles. The molecule has 28 heavy (non-hydrogen) atoms. The van der Waals surface area contributed by atoms with Crippen molar-refractivity contribution in [3.05, 3.63) is 42.4 Å². The van der Waals surface area contributed by atoms with Gasteiger partial charge in [-0.2, -0.15) is 0 Å². The summed E-state index contributed by atoms with van der Waals surface area (Å²) in [6.07, 6.45) is 3.98. The van der Waals surface area contributed by atoms with Crippen molar-refractivity contribution in [1.29, 1.82) is 0 Å². The molecule has 1 aliphatic heterocycles. The number of rotatable bonds is 8. The van der Waals surface area contributed by atoms with Gasteiger partial charge >= 0.3 is 0 Å². The van der Waals surface area contributed by atoms with Gasteiger partial charge in [0.2, 0.25) is 0 Å². The number of anilines is 3. The Hall–Kier alpha value is -2.71. The number of aromatic nitrogens is 2. The van der Waals surface area contributed by atoms with Crippen molar-refractivity contribution in [2.45, 2.75) is 6.42 Å². The molecule has 8 nitrogen and oxygen atoms in total. The molecular weight excluding hydrogens is 356 g/mol. The zero-order chi connectivity index (χ0) is 19.8. The monoisotopic (exact) mass is 384 g/mol. The average molecular weight is 384 g/mol.